The lowest BCUT2D eigenvalue weighted by molar-refractivity contribution is -0.116. The molecule has 1 aromatic carbocycles. The molecule has 29 heavy (non-hydrogen) atoms. The van der Waals surface area contributed by atoms with Gasteiger partial charge in [0.05, 0.1) is 27.9 Å². The van der Waals surface area contributed by atoms with Gasteiger partial charge in [0.25, 0.3) is 0 Å². The number of nitrogens with one attached hydrogen (secondary N) is 1. The zero-order chi connectivity index (χ0) is 20.2. The molecule has 4 rings (SSSR count). The lowest BCUT2D eigenvalue weighted by Gasteiger charge is -2.02. The molecule has 0 aliphatic carbocycles. The normalized spacial score (nSPS) is 11.2. The van der Waals surface area contributed by atoms with E-state index in [0.29, 0.717) is 27.9 Å². The molecule has 0 radical (unpaired) electrons. The van der Waals surface area contributed by atoms with Gasteiger partial charge in [-0.1, -0.05) is 30.4 Å². The lowest BCUT2D eigenvalue weighted by Crippen LogP contribution is -2.19. The summed E-state index contributed by atoms with van der Waals surface area (Å²) in [4.78, 5) is 32.7. The lowest BCUT2D eigenvalue weighted by atomic mass is 10.3. The highest BCUT2D eigenvalue weighted by Crippen LogP contribution is 2.30. The first-order valence-electron chi connectivity index (χ1n) is 9.03. The maximum absolute atomic E-state index is 12.3. The van der Waals surface area contributed by atoms with Gasteiger partial charge in [0, 0.05) is 19.4 Å². The molecule has 1 N–H and O–H groups in total. The van der Waals surface area contributed by atoms with Crippen molar-refractivity contribution in [1.29, 1.82) is 0 Å². The van der Waals surface area contributed by atoms with Gasteiger partial charge in [0.1, 0.15) is 5.76 Å². The third kappa shape index (κ3) is 4.60. The van der Waals surface area contributed by atoms with E-state index in [4.69, 9.17) is 8.83 Å². The Labute approximate surface area is 174 Å². The van der Waals surface area contributed by atoms with Gasteiger partial charge in [0.2, 0.25) is 11.8 Å². The number of nitrogens with zero attached hydrogens (tertiary/aromatic N) is 3. The Morgan fingerprint density at radius 2 is 2.10 bits per heavy atom. The van der Waals surface area contributed by atoms with Crippen molar-refractivity contribution in [1.82, 2.24) is 14.5 Å². The van der Waals surface area contributed by atoms with E-state index in [-0.39, 0.29) is 18.9 Å². The molecule has 0 fully saturated rings. The van der Waals surface area contributed by atoms with E-state index in [1.807, 2.05) is 13.0 Å². The largest absolute Gasteiger partial charge is 0.445 e. The van der Waals surface area contributed by atoms with E-state index >= 15 is 0 Å². The van der Waals surface area contributed by atoms with Crippen LogP contribution in [-0.4, -0.2) is 20.4 Å². The molecule has 1 amide bonds. The van der Waals surface area contributed by atoms with Crippen molar-refractivity contribution in [2.75, 3.05) is 5.32 Å². The molecule has 0 aliphatic rings. The molecule has 0 saturated heterocycles. The topological polar surface area (TPSA) is 103 Å². The Kier molecular flexibility index (Phi) is 5.81. The summed E-state index contributed by atoms with van der Waals surface area (Å²) in [6.07, 6.45) is 4.40. The number of carbonyl (C=O) groups is 1. The number of fused-ring (bicyclic) bond motifs is 1. The number of aromatic nitrogens is 3. The fourth-order valence-corrected chi connectivity index (χ4v) is 4.46. The van der Waals surface area contributed by atoms with E-state index in [1.54, 1.807) is 42.4 Å². The number of aryl methyl sites for hydroxylation is 2. The van der Waals surface area contributed by atoms with Crippen molar-refractivity contribution >= 4 is 45.2 Å². The molecule has 4 aromatic rings. The minimum atomic E-state index is -0.468. The number of carbonyl (C=O) groups excluding carboxylic acids is 1. The predicted molar refractivity (Wildman–Crippen MR) is 111 cm³/mol. The summed E-state index contributed by atoms with van der Waals surface area (Å²) in [5.74, 6) is 1.45. The van der Waals surface area contributed by atoms with Crippen LogP contribution >= 0.6 is 23.1 Å². The highest BCUT2D eigenvalue weighted by atomic mass is 32.2. The zero-order valence-corrected chi connectivity index (χ0v) is 17.2. The second-order valence-electron chi connectivity index (χ2n) is 6.13. The van der Waals surface area contributed by atoms with E-state index in [2.05, 4.69) is 15.3 Å². The third-order valence-corrected chi connectivity index (χ3v) is 6.25. The molecule has 0 spiro atoms. The fraction of sp³-hybridized carbons (Fsp3) is 0.263. The van der Waals surface area contributed by atoms with Gasteiger partial charge < -0.3 is 14.2 Å². The van der Waals surface area contributed by atoms with E-state index in [0.717, 1.165) is 16.4 Å². The quantitative estimate of drug-likeness (QED) is 0.423. The van der Waals surface area contributed by atoms with Gasteiger partial charge in [-0.3, -0.25) is 9.36 Å². The SMILES string of the molecule is CCc1cnc(CSc2cnc(NC(=O)CCn3c(=O)oc4ccccc43)s2)o1. The van der Waals surface area contributed by atoms with Crippen molar-refractivity contribution < 1.29 is 13.6 Å². The smallest absolute Gasteiger partial charge is 0.419 e. The number of thiazole rings is 1. The molecule has 10 heteroatoms. The Morgan fingerprint density at radius 1 is 1.24 bits per heavy atom. The predicted octanol–water partition coefficient (Wildman–Crippen LogP) is 3.92. The van der Waals surface area contributed by atoms with Gasteiger partial charge in [0.15, 0.2) is 10.7 Å². The number of para-hydroxylation sites is 2. The van der Waals surface area contributed by atoms with E-state index in [1.165, 1.54) is 15.9 Å². The number of thioether (sulfide) groups is 1. The summed E-state index contributed by atoms with van der Waals surface area (Å²) in [5, 5.41) is 3.29. The minimum absolute atomic E-state index is 0.140. The Hall–Kier alpha value is -2.85. The number of oxazole rings is 2. The average Bonchev–Trinajstić information content (AvgIpc) is 3.43. The summed E-state index contributed by atoms with van der Waals surface area (Å²) in [5.41, 5.74) is 1.19. The monoisotopic (exact) mass is 430 g/mol. The van der Waals surface area contributed by atoms with Crippen LogP contribution in [-0.2, 0) is 23.5 Å². The second-order valence-corrected chi connectivity index (χ2v) is 8.44. The summed E-state index contributed by atoms with van der Waals surface area (Å²) < 4.78 is 13.2. The standard InChI is InChI=1S/C19H18N4O4S2/c1-2-12-9-20-16(26-12)11-28-17-10-21-18(29-17)22-15(24)7-8-23-13-5-3-4-6-14(13)27-19(23)25/h3-6,9-10H,2,7-8,11H2,1H3,(H,21,22,24). The Bertz CT molecular complexity index is 1190. The Balaban J connectivity index is 1.31. The van der Waals surface area contributed by atoms with Gasteiger partial charge in [-0.2, -0.15) is 0 Å². The zero-order valence-electron chi connectivity index (χ0n) is 15.6. The number of anilines is 1. The first-order chi connectivity index (χ1) is 14.1. The molecule has 3 aromatic heterocycles. The second kappa shape index (κ2) is 8.66. The van der Waals surface area contributed by atoms with E-state index < -0.39 is 5.76 Å². The molecule has 3 heterocycles. The highest BCUT2D eigenvalue weighted by Gasteiger charge is 2.12. The van der Waals surface area contributed by atoms with Crippen molar-refractivity contribution in [3.8, 4) is 0 Å². The van der Waals surface area contributed by atoms with Crippen molar-refractivity contribution in [2.45, 2.75) is 36.3 Å². The van der Waals surface area contributed by atoms with Crippen LogP contribution in [0.25, 0.3) is 11.1 Å². The summed E-state index contributed by atoms with van der Waals surface area (Å²) >= 11 is 2.94. The van der Waals surface area contributed by atoms with Gasteiger partial charge in [-0.25, -0.2) is 14.8 Å². The van der Waals surface area contributed by atoms with Gasteiger partial charge >= 0.3 is 5.76 Å². The van der Waals surface area contributed by atoms with Crippen molar-refractivity contribution in [2.24, 2.45) is 0 Å². The van der Waals surface area contributed by atoms with Crippen LogP contribution in [0.1, 0.15) is 25.0 Å². The maximum Gasteiger partial charge on any atom is 0.419 e. The number of benzene rings is 1. The third-order valence-electron chi connectivity index (χ3n) is 4.15. The first-order valence-corrected chi connectivity index (χ1v) is 10.8. The van der Waals surface area contributed by atoms with Crippen LogP contribution in [0.4, 0.5) is 5.13 Å². The van der Waals surface area contributed by atoms with Crippen molar-refractivity contribution in [3.63, 3.8) is 0 Å². The van der Waals surface area contributed by atoms with Crippen LogP contribution in [0.5, 0.6) is 0 Å². The minimum Gasteiger partial charge on any atom is -0.445 e. The summed E-state index contributed by atoms with van der Waals surface area (Å²) in [6.45, 7) is 2.25. The molecular formula is C19H18N4O4S2. The van der Waals surface area contributed by atoms with E-state index in [9.17, 15) is 9.59 Å². The number of rotatable bonds is 8. The molecule has 0 bridgehead atoms. The molecule has 0 atom stereocenters. The van der Waals surface area contributed by atoms with Gasteiger partial charge in [-0.05, 0) is 12.1 Å². The number of hydrogen-bond donors (Lipinski definition) is 1. The van der Waals surface area contributed by atoms with Crippen LogP contribution in [0.3, 0.4) is 0 Å². The molecule has 150 valence electrons. The Morgan fingerprint density at radius 3 is 2.93 bits per heavy atom. The van der Waals surface area contributed by atoms with Crippen LogP contribution in [0.2, 0.25) is 0 Å². The maximum atomic E-state index is 12.3. The highest BCUT2D eigenvalue weighted by molar-refractivity contribution is 8.00. The van der Waals surface area contributed by atoms with Crippen molar-refractivity contribution in [3.05, 3.63) is 58.9 Å². The molecule has 8 nitrogen and oxygen atoms in total. The first kappa shape index (κ1) is 19.5. The average molecular weight is 431 g/mol. The fourth-order valence-electron chi connectivity index (χ4n) is 2.72. The van der Waals surface area contributed by atoms with Crippen LogP contribution in [0.15, 0.2) is 54.5 Å². The number of amides is 1. The summed E-state index contributed by atoms with van der Waals surface area (Å²) in [6, 6.07) is 7.14. The summed E-state index contributed by atoms with van der Waals surface area (Å²) in [7, 11) is 0. The molecule has 0 saturated carbocycles. The van der Waals surface area contributed by atoms with Gasteiger partial charge in [-0.15, -0.1) is 11.8 Å². The molecule has 0 unspecified atom stereocenters. The van der Waals surface area contributed by atoms with Crippen LogP contribution < -0.4 is 11.1 Å². The molecular weight excluding hydrogens is 412 g/mol. The molecule has 0 aliphatic heterocycles. The van der Waals surface area contributed by atoms with Crippen LogP contribution in [0, 0.1) is 0 Å². The number of hydrogen-bond acceptors (Lipinski definition) is 8.